The molecule has 0 spiro atoms. The molecule has 12 aromatic rings. The van der Waals surface area contributed by atoms with E-state index in [1.807, 2.05) is 22.7 Å². The van der Waals surface area contributed by atoms with Gasteiger partial charge < -0.3 is 9.32 Å². The summed E-state index contributed by atoms with van der Waals surface area (Å²) in [7, 11) is 0. The number of hydrogen-bond donors (Lipinski definition) is 0. The topological polar surface area (TPSA) is 16.4 Å². The maximum absolute atomic E-state index is 6.90. The van der Waals surface area contributed by atoms with Crippen LogP contribution >= 0.6 is 22.7 Å². The summed E-state index contributed by atoms with van der Waals surface area (Å²) in [5.74, 6) is 0. The fraction of sp³-hybridized carbons (Fsp3) is 0. The molecule has 262 valence electrons. The number of rotatable bonds is 5. The van der Waals surface area contributed by atoms with E-state index in [0.717, 1.165) is 44.4 Å². The van der Waals surface area contributed by atoms with Crippen molar-refractivity contribution in [2.45, 2.75) is 0 Å². The molecule has 0 aliphatic heterocycles. The molecule has 0 unspecified atom stereocenters. The molecule has 3 heterocycles. The molecule has 0 N–H and O–H groups in total. The molecule has 0 aliphatic rings. The summed E-state index contributed by atoms with van der Waals surface area (Å²) in [5, 5.41) is 9.90. The average molecular weight is 750 g/mol. The minimum atomic E-state index is 0.873. The molecule has 0 saturated carbocycles. The van der Waals surface area contributed by atoms with E-state index in [2.05, 4.69) is 193 Å². The van der Waals surface area contributed by atoms with Crippen LogP contribution < -0.4 is 4.90 Å². The first-order valence-electron chi connectivity index (χ1n) is 18.9. The van der Waals surface area contributed by atoms with Crippen LogP contribution in [0.25, 0.3) is 95.3 Å². The maximum atomic E-state index is 6.90. The zero-order chi connectivity index (χ0) is 36.7. The Kier molecular flexibility index (Phi) is 7.00. The molecule has 0 atom stereocenters. The average Bonchev–Trinajstić information content (AvgIpc) is 3.96. The fourth-order valence-corrected chi connectivity index (χ4v) is 11.2. The molecule has 12 rings (SSSR count). The lowest BCUT2D eigenvalue weighted by Crippen LogP contribution is -2.10. The Balaban J connectivity index is 1.02. The van der Waals surface area contributed by atoms with Gasteiger partial charge in [0.1, 0.15) is 5.58 Å². The predicted octanol–water partition coefficient (Wildman–Crippen LogP) is 16.3. The van der Waals surface area contributed by atoms with E-state index in [4.69, 9.17) is 4.42 Å². The van der Waals surface area contributed by atoms with Crippen molar-refractivity contribution in [2.75, 3.05) is 4.90 Å². The summed E-state index contributed by atoms with van der Waals surface area (Å²) in [6, 6.07) is 68.1. The zero-order valence-electron chi connectivity index (χ0n) is 30.1. The third-order valence-electron chi connectivity index (χ3n) is 11.3. The molecule has 0 saturated heterocycles. The van der Waals surface area contributed by atoms with Crippen molar-refractivity contribution >= 4 is 113 Å². The van der Waals surface area contributed by atoms with Crippen molar-refractivity contribution < 1.29 is 4.42 Å². The molecule has 9 aromatic carbocycles. The van der Waals surface area contributed by atoms with Crippen LogP contribution in [0.5, 0.6) is 0 Å². The van der Waals surface area contributed by atoms with Gasteiger partial charge in [0, 0.05) is 67.9 Å². The van der Waals surface area contributed by atoms with E-state index in [1.165, 1.54) is 68.0 Å². The van der Waals surface area contributed by atoms with Crippen molar-refractivity contribution in [3.05, 3.63) is 188 Å². The van der Waals surface area contributed by atoms with E-state index >= 15 is 0 Å². The Morgan fingerprint density at radius 3 is 1.82 bits per heavy atom. The van der Waals surface area contributed by atoms with Crippen LogP contribution in [-0.2, 0) is 0 Å². The van der Waals surface area contributed by atoms with Crippen molar-refractivity contribution in [1.82, 2.24) is 0 Å². The molecule has 56 heavy (non-hydrogen) atoms. The van der Waals surface area contributed by atoms with Gasteiger partial charge in [-0.2, -0.15) is 0 Å². The second-order valence-electron chi connectivity index (χ2n) is 14.4. The number of anilines is 3. The Morgan fingerprint density at radius 2 is 0.982 bits per heavy atom. The number of hydrogen-bond acceptors (Lipinski definition) is 4. The summed E-state index contributed by atoms with van der Waals surface area (Å²) >= 11 is 3.81. The van der Waals surface area contributed by atoms with Crippen LogP contribution in [0.2, 0.25) is 0 Å². The Labute approximate surface area is 330 Å². The summed E-state index contributed by atoms with van der Waals surface area (Å²) in [4.78, 5) is 2.34. The van der Waals surface area contributed by atoms with Crippen molar-refractivity contribution in [3.8, 4) is 22.3 Å². The lowest BCUT2D eigenvalue weighted by molar-refractivity contribution is 0.673. The van der Waals surface area contributed by atoms with Gasteiger partial charge in [-0.05, 0) is 76.2 Å². The molecule has 0 radical (unpaired) electrons. The maximum Gasteiger partial charge on any atom is 0.159 e. The molecule has 0 aliphatic carbocycles. The number of para-hydroxylation sites is 1. The monoisotopic (exact) mass is 749 g/mol. The molecule has 2 nitrogen and oxygen atoms in total. The highest BCUT2D eigenvalue weighted by atomic mass is 32.1. The second-order valence-corrected chi connectivity index (χ2v) is 16.5. The van der Waals surface area contributed by atoms with Crippen LogP contribution in [0.3, 0.4) is 0 Å². The van der Waals surface area contributed by atoms with Gasteiger partial charge in [0.2, 0.25) is 0 Å². The number of nitrogens with zero attached hydrogens (tertiary/aromatic N) is 1. The molecule has 3 aromatic heterocycles. The fourth-order valence-electron chi connectivity index (χ4n) is 8.63. The van der Waals surface area contributed by atoms with Crippen molar-refractivity contribution in [2.24, 2.45) is 0 Å². The Morgan fingerprint density at radius 1 is 0.357 bits per heavy atom. The largest absolute Gasteiger partial charge is 0.453 e. The molecule has 4 heteroatoms. The summed E-state index contributed by atoms with van der Waals surface area (Å²) in [5.41, 5.74) is 9.76. The number of fused-ring (bicyclic) bond motifs is 12. The van der Waals surface area contributed by atoms with Gasteiger partial charge >= 0.3 is 0 Å². The smallest absolute Gasteiger partial charge is 0.159 e. The van der Waals surface area contributed by atoms with Gasteiger partial charge in [-0.25, -0.2) is 0 Å². The first-order valence-corrected chi connectivity index (χ1v) is 20.5. The molecule has 0 amide bonds. The highest BCUT2D eigenvalue weighted by molar-refractivity contribution is 7.30. The van der Waals surface area contributed by atoms with Gasteiger partial charge in [-0.1, -0.05) is 140 Å². The zero-order valence-corrected chi connectivity index (χ0v) is 31.7. The van der Waals surface area contributed by atoms with E-state index in [9.17, 15) is 0 Å². The van der Waals surface area contributed by atoms with Crippen LogP contribution in [-0.4, -0.2) is 0 Å². The second kappa shape index (κ2) is 12.4. The highest BCUT2D eigenvalue weighted by Gasteiger charge is 2.21. The first kappa shape index (κ1) is 31.6. The van der Waals surface area contributed by atoms with Crippen molar-refractivity contribution in [3.63, 3.8) is 0 Å². The molecular weight excluding hydrogens is 719 g/mol. The quantitative estimate of drug-likeness (QED) is 0.174. The van der Waals surface area contributed by atoms with E-state index < -0.39 is 0 Å². The van der Waals surface area contributed by atoms with E-state index in [0.29, 0.717) is 0 Å². The molecular formula is C52H31NOS2. The molecule has 0 bridgehead atoms. The minimum absolute atomic E-state index is 0.873. The summed E-state index contributed by atoms with van der Waals surface area (Å²) < 4.78 is 12.3. The van der Waals surface area contributed by atoms with Gasteiger partial charge in [-0.3, -0.25) is 0 Å². The lowest BCUT2D eigenvalue weighted by atomic mass is 10.0. The number of benzene rings is 9. The third kappa shape index (κ3) is 4.80. The lowest BCUT2D eigenvalue weighted by Gasteiger charge is -2.26. The summed E-state index contributed by atoms with van der Waals surface area (Å²) in [6.45, 7) is 0. The third-order valence-corrected chi connectivity index (χ3v) is 13.7. The standard InChI is InChI=1S/C52H31NOS2/c1-2-10-32(11-3-1)33-20-25-36(26-21-33)53(45-18-9-16-40-41-29-24-34-12-4-5-13-38(34)49(41)54-50(40)45)37-27-22-35(23-28-37)39-15-8-17-42-43-30-31-47-48(52(43)56-51(39)42)44-14-6-7-19-46(44)55-47/h1-31H. The van der Waals surface area contributed by atoms with E-state index in [1.54, 1.807) is 0 Å². The number of furan rings is 1. The number of thiophene rings is 2. The van der Waals surface area contributed by atoms with E-state index in [-0.39, 0.29) is 0 Å². The minimum Gasteiger partial charge on any atom is -0.453 e. The van der Waals surface area contributed by atoms with Gasteiger partial charge in [0.25, 0.3) is 0 Å². The Bertz CT molecular complexity index is 3460. The normalized spacial score (nSPS) is 11.9. The van der Waals surface area contributed by atoms with Crippen LogP contribution in [0.4, 0.5) is 17.1 Å². The SMILES string of the molecule is c1ccc(-c2ccc(N(c3ccc(-c4cccc5c4sc4c5ccc5sc6ccccc6c54)cc3)c3cccc4c3oc3c5ccccc5ccc43)cc2)cc1. The highest BCUT2D eigenvalue weighted by Crippen LogP contribution is 2.48. The van der Waals surface area contributed by atoms with Crippen molar-refractivity contribution in [1.29, 1.82) is 0 Å². The molecule has 0 fully saturated rings. The van der Waals surface area contributed by atoms with Gasteiger partial charge in [-0.15, -0.1) is 22.7 Å². The Hall–Kier alpha value is -6.72. The van der Waals surface area contributed by atoms with Crippen LogP contribution in [0.15, 0.2) is 192 Å². The van der Waals surface area contributed by atoms with Gasteiger partial charge in [0.15, 0.2) is 5.58 Å². The summed E-state index contributed by atoms with van der Waals surface area (Å²) in [6.07, 6.45) is 0. The van der Waals surface area contributed by atoms with Gasteiger partial charge in [0.05, 0.1) is 5.69 Å². The first-order chi connectivity index (χ1) is 27.8. The van der Waals surface area contributed by atoms with Crippen LogP contribution in [0, 0.1) is 0 Å². The van der Waals surface area contributed by atoms with Crippen LogP contribution in [0.1, 0.15) is 0 Å². The predicted molar refractivity (Wildman–Crippen MR) is 243 cm³/mol.